The minimum Gasteiger partial charge on any atom is -0.303 e. The van der Waals surface area contributed by atoms with Crippen LogP contribution in [0, 0.1) is 0 Å². The van der Waals surface area contributed by atoms with Crippen molar-refractivity contribution in [2.45, 2.75) is 0 Å². The minimum absolute atomic E-state index is 1.31. The summed E-state index contributed by atoms with van der Waals surface area (Å²) in [7, 11) is 0. The summed E-state index contributed by atoms with van der Waals surface area (Å²) in [6, 6.07) is 0. The maximum atomic E-state index is 5.28. The van der Waals surface area contributed by atoms with Crippen LogP contribution in [0.1, 0.15) is 0 Å². The van der Waals surface area contributed by atoms with Crippen molar-refractivity contribution in [2.24, 2.45) is 5.50 Å². The van der Waals surface area contributed by atoms with Crippen LogP contribution >= 0.6 is 6.19 Å². The Kier molecular flexibility index (Phi) is 1.54. The fourth-order valence-electron chi connectivity index (χ4n) is 0. The third-order valence-electron chi connectivity index (χ3n) is 0. The summed E-state index contributed by atoms with van der Waals surface area (Å²) in [6.07, 6.45) is -1.31. The molecule has 0 spiro atoms. The van der Waals surface area contributed by atoms with Gasteiger partial charge in [-0.1, -0.05) is 11.8 Å². The largest absolute Gasteiger partial charge is 0.303 e. The molecule has 0 aliphatic carbocycles. The van der Waals surface area contributed by atoms with Gasteiger partial charge in [0, 0.05) is 6.19 Å². The van der Waals surface area contributed by atoms with Crippen molar-refractivity contribution in [2.75, 3.05) is 13.3 Å². The second-order valence-corrected chi connectivity index (χ2v) is 7.13. The molecule has 0 saturated heterocycles. The third-order valence-corrected chi connectivity index (χ3v) is 0. The molecule has 3 heteroatoms. The fraction of sp³-hybridized carbons (Fsp3) is 1.00. The van der Waals surface area contributed by atoms with E-state index in [0.717, 1.165) is 0 Å². The van der Waals surface area contributed by atoms with Gasteiger partial charge in [0.2, 0.25) is 0 Å². The van der Waals surface area contributed by atoms with Gasteiger partial charge in [-0.2, -0.15) is 0 Å². The Balaban J connectivity index is 3.47. The summed E-state index contributed by atoms with van der Waals surface area (Å²) in [4.78, 5) is 0. The van der Waals surface area contributed by atoms with Crippen LogP contribution in [0.2, 0.25) is 0 Å². The molecule has 0 fully saturated rings. The topological polar surface area (TPSA) is 26.0 Å². The molecule has 0 atom stereocenters. The third kappa shape index (κ3) is 84.4. The molecular weight excluding hydrogens is 101 g/mol. The molecule has 0 aromatic carbocycles. The average molecular weight is 109 g/mol. The zero-order valence-corrected chi connectivity index (χ0v) is 5.14. The first-order chi connectivity index (χ1) is 2.00. The number of rotatable bonds is 0. The molecule has 0 amide bonds. The highest BCUT2D eigenvalue weighted by molar-refractivity contribution is 8.12. The van der Waals surface area contributed by atoms with Gasteiger partial charge in [0.15, 0.2) is 0 Å². The molecule has 0 saturated carbocycles. The van der Waals surface area contributed by atoms with Crippen molar-refractivity contribution in [1.82, 2.24) is 0 Å². The van der Waals surface area contributed by atoms with Gasteiger partial charge in [0.25, 0.3) is 0 Å². The van der Waals surface area contributed by atoms with Crippen molar-refractivity contribution in [1.29, 1.82) is 0 Å². The Bertz CT molecular complexity index is 55.8. The predicted molar refractivity (Wildman–Crippen MR) is 30.3 cm³/mol. The fourth-order valence-corrected chi connectivity index (χ4v) is 0. The number of hydrogen-bond acceptors (Lipinski definition) is 1. The second-order valence-electron chi connectivity index (χ2n) is 1.43. The first-order valence-corrected chi connectivity index (χ1v) is 5.10. The second kappa shape index (κ2) is 1.38. The molecule has 0 aromatic heterocycles. The lowest BCUT2D eigenvalue weighted by Crippen LogP contribution is -1.84. The van der Waals surface area contributed by atoms with Crippen LogP contribution in [0.4, 0.5) is 0 Å². The van der Waals surface area contributed by atoms with E-state index in [9.17, 15) is 0 Å². The van der Waals surface area contributed by atoms with Crippen molar-refractivity contribution < 1.29 is 0 Å². The Morgan fingerprint density at radius 1 is 1.60 bits per heavy atom. The van der Waals surface area contributed by atoms with E-state index in [-0.39, 0.29) is 0 Å². The van der Waals surface area contributed by atoms with E-state index in [1.165, 1.54) is 0 Å². The summed E-state index contributed by atoms with van der Waals surface area (Å²) in [6.45, 7) is 3.78. The summed E-state index contributed by atoms with van der Waals surface area (Å²) in [5.74, 6) is 0. The lowest BCUT2D eigenvalue weighted by molar-refractivity contribution is 1.89. The van der Waals surface area contributed by atoms with Gasteiger partial charge in [-0.3, -0.25) is 0 Å². The normalized spacial score (nSPS) is 11.8. The van der Waals surface area contributed by atoms with Gasteiger partial charge in [0.1, 0.15) is 0 Å². The molecule has 0 rings (SSSR count). The smallest absolute Gasteiger partial charge is 0.00393 e. The van der Waals surface area contributed by atoms with Gasteiger partial charge < -0.3 is 5.50 Å². The summed E-state index contributed by atoms with van der Waals surface area (Å²) in [5, 5.41) is 0. The molecule has 0 aliphatic rings. The van der Waals surface area contributed by atoms with Gasteiger partial charge >= 0.3 is 0 Å². The summed E-state index contributed by atoms with van der Waals surface area (Å²) >= 11 is 4.72. The van der Waals surface area contributed by atoms with E-state index in [2.05, 4.69) is 0 Å². The predicted octanol–water partition coefficient (Wildman–Crippen LogP) is 0.599. The quantitative estimate of drug-likeness (QED) is 0.461. The van der Waals surface area contributed by atoms with Crippen molar-refractivity contribution in [3.63, 3.8) is 0 Å². The van der Waals surface area contributed by atoms with Gasteiger partial charge in [-0.05, 0) is 13.3 Å². The van der Waals surface area contributed by atoms with Gasteiger partial charge in [-0.15, -0.1) is 0 Å². The molecule has 2 N–H and O–H groups in total. The van der Waals surface area contributed by atoms with E-state index < -0.39 is 6.19 Å². The minimum atomic E-state index is -1.31. The van der Waals surface area contributed by atoms with Crippen LogP contribution in [0.3, 0.4) is 0 Å². The highest BCUT2D eigenvalue weighted by Crippen LogP contribution is 2.22. The Morgan fingerprint density at radius 3 is 1.60 bits per heavy atom. The van der Waals surface area contributed by atoms with Gasteiger partial charge in [0.05, 0.1) is 0 Å². The number of nitrogens with two attached hydrogens (primary N) is 1. The van der Waals surface area contributed by atoms with E-state index in [0.29, 0.717) is 0 Å². The van der Waals surface area contributed by atoms with E-state index in [1.807, 2.05) is 13.3 Å². The van der Waals surface area contributed by atoms with Crippen LogP contribution < -0.4 is 5.50 Å². The first-order valence-electron chi connectivity index (χ1n) is 1.34. The van der Waals surface area contributed by atoms with E-state index >= 15 is 0 Å². The van der Waals surface area contributed by atoms with Crippen LogP contribution in [0.25, 0.3) is 0 Å². The monoisotopic (exact) mass is 109 g/mol. The van der Waals surface area contributed by atoms with E-state index in [4.69, 9.17) is 17.3 Å². The van der Waals surface area contributed by atoms with Crippen molar-refractivity contribution in [3.05, 3.63) is 0 Å². The van der Waals surface area contributed by atoms with E-state index in [1.54, 1.807) is 0 Å². The molecule has 0 unspecified atom stereocenters. The zero-order valence-electron chi connectivity index (χ0n) is 3.43. The Morgan fingerprint density at radius 2 is 1.60 bits per heavy atom. The van der Waals surface area contributed by atoms with Gasteiger partial charge in [-0.25, -0.2) is 0 Å². The standard InChI is InChI=1S/C2H8NPS/c1-4(2,3)5/h1-2H3,(H2,3,5). The zero-order chi connectivity index (χ0) is 4.50. The molecule has 0 bridgehead atoms. The first kappa shape index (κ1) is 5.61. The van der Waals surface area contributed by atoms with Crippen LogP contribution in [-0.4, -0.2) is 13.3 Å². The molecular formula is C2H8NPS. The van der Waals surface area contributed by atoms with Crippen molar-refractivity contribution in [3.8, 4) is 0 Å². The molecule has 1 nitrogen and oxygen atoms in total. The number of hydrogen-bond donors (Lipinski definition) is 1. The summed E-state index contributed by atoms with van der Waals surface area (Å²) < 4.78 is 0. The lowest BCUT2D eigenvalue weighted by atomic mass is 11.9. The molecule has 0 aromatic rings. The molecule has 0 radical (unpaired) electrons. The van der Waals surface area contributed by atoms with Crippen LogP contribution in [-0.2, 0) is 11.8 Å². The average Bonchev–Trinajstić information content (AvgIpc) is 0.722. The van der Waals surface area contributed by atoms with Crippen LogP contribution in [0.15, 0.2) is 0 Å². The SMILES string of the molecule is CP(C)(N)=S. The maximum absolute atomic E-state index is 5.28. The summed E-state index contributed by atoms with van der Waals surface area (Å²) in [5.41, 5.74) is 5.28. The van der Waals surface area contributed by atoms with Crippen LogP contribution in [0.5, 0.6) is 0 Å². The highest BCUT2D eigenvalue weighted by atomic mass is 32.4. The Hall–Kier alpha value is 0.610. The molecule has 0 heterocycles. The molecule has 32 valence electrons. The molecule has 0 aliphatic heterocycles. The van der Waals surface area contributed by atoms with Crippen molar-refractivity contribution >= 4 is 18.0 Å². The highest BCUT2D eigenvalue weighted by Gasteiger charge is 1.82. The molecule has 5 heavy (non-hydrogen) atoms. The lowest BCUT2D eigenvalue weighted by Gasteiger charge is -1.93. The Labute approximate surface area is 37.6 Å². The maximum Gasteiger partial charge on any atom is 0.00393 e.